The van der Waals surface area contributed by atoms with E-state index >= 15 is 4.39 Å². The van der Waals surface area contributed by atoms with E-state index < -0.39 is 30.4 Å². The Morgan fingerprint density at radius 3 is 2.24 bits per heavy atom. The largest absolute Gasteiger partial charge is 0.495 e. The van der Waals surface area contributed by atoms with E-state index in [1.807, 2.05) is 0 Å². The summed E-state index contributed by atoms with van der Waals surface area (Å²) in [5.74, 6) is -1.03. The number of aromatic nitrogens is 4. The van der Waals surface area contributed by atoms with Gasteiger partial charge in [-0.2, -0.15) is 5.10 Å². The van der Waals surface area contributed by atoms with Gasteiger partial charge in [0.15, 0.2) is 21.4 Å². The van der Waals surface area contributed by atoms with Crippen molar-refractivity contribution in [2.24, 2.45) is 7.05 Å². The van der Waals surface area contributed by atoms with Gasteiger partial charge in [-0.3, -0.25) is 13.8 Å². The Bertz CT molecular complexity index is 1770. The summed E-state index contributed by atoms with van der Waals surface area (Å²) in [5.41, 5.74) is 0.984. The van der Waals surface area contributed by atoms with Crippen LogP contribution in [-0.2, 0) is 26.9 Å². The third kappa shape index (κ3) is 4.58. The Labute approximate surface area is 220 Å². The minimum Gasteiger partial charge on any atom is -0.495 e. The van der Waals surface area contributed by atoms with Gasteiger partial charge in [-0.05, 0) is 39.8 Å². The van der Waals surface area contributed by atoms with Crippen LogP contribution < -0.4 is 14.2 Å². The molecule has 11 nitrogen and oxygen atoms in total. The van der Waals surface area contributed by atoms with Crippen molar-refractivity contribution in [3.63, 3.8) is 0 Å². The number of sulfonamides is 1. The molecule has 38 heavy (non-hydrogen) atoms. The summed E-state index contributed by atoms with van der Waals surface area (Å²) in [6.07, 6.45) is 4.12. The summed E-state index contributed by atoms with van der Waals surface area (Å²) in [6, 6.07) is 4.01. The molecular weight excluding hydrogens is 537 g/mol. The smallest absolute Gasteiger partial charge is 0.265 e. The number of anilines is 1. The van der Waals surface area contributed by atoms with Gasteiger partial charge in [0.2, 0.25) is 0 Å². The highest BCUT2D eigenvalue weighted by atomic mass is 32.2. The lowest BCUT2D eigenvalue weighted by Crippen LogP contribution is -2.28. The molecule has 0 amide bonds. The minimum absolute atomic E-state index is 0.0683. The third-order valence-electron chi connectivity index (χ3n) is 5.94. The number of fused-ring (bicyclic) bond motifs is 1. The van der Waals surface area contributed by atoms with Crippen LogP contribution in [0.4, 0.5) is 10.1 Å². The quantitative estimate of drug-likeness (QED) is 0.360. The van der Waals surface area contributed by atoms with E-state index in [0.29, 0.717) is 11.3 Å². The summed E-state index contributed by atoms with van der Waals surface area (Å²) in [7, 11) is -3.83. The van der Waals surface area contributed by atoms with Crippen molar-refractivity contribution in [1.29, 1.82) is 0 Å². The van der Waals surface area contributed by atoms with Gasteiger partial charge < -0.3 is 9.47 Å². The Kier molecular flexibility index (Phi) is 6.68. The van der Waals surface area contributed by atoms with E-state index in [1.165, 1.54) is 54.0 Å². The van der Waals surface area contributed by atoms with Gasteiger partial charge in [-0.1, -0.05) is 0 Å². The first-order chi connectivity index (χ1) is 17.6. The third-order valence-corrected chi connectivity index (χ3v) is 9.90. The van der Waals surface area contributed by atoms with Crippen LogP contribution in [0.3, 0.4) is 0 Å². The number of hydrogen-bond acceptors (Lipinski definition) is 8. The number of methoxy groups -OCH3 is 2. The fourth-order valence-electron chi connectivity index (χ4n) is 3.96. The van der Waals surface area contributed by atoms with Crippen molar-refractivity contribution in [1.82, 2.24) is 19.2 Å². The molecule has 0 aliphatic heterocycles. The number of halogens is 1. The highest BCUT2D eigenvalue weighted by Gasteiger charge is 2.34. The second-order valence-corrected chi connectivity index (χ2v) is 13.9. The fourth-order valence-corrected chi connectivity index (χ4v) is 6.54. The molecule has 204 valence electrons. The van der Waals surface area contributed by atoms with Gasteiger partial charge in [0.1, 0.15) is 21.2 Å². The molecule has 3 heterocycles. The summed E-state index contributed by atoms with van der Waals surface area (Å²) in [6.45, 7) is 6.25. The lowest BCUT2D eigenvalue weighted by molar-refractivity contribution is 0.389. The van der Waals surface area contributed by atoms with Crippen LogP contribution in [0.1, 0.15) is 26.5 Å². The normalized spacial score (nSPS) is 12.6. The lowest BCUT2D eigenvalue weighted by atomic mass is 10.1. The second kappa shape index (κ2) is 9.27. The Hall–Kier alpha value is -3.65. The molecule has 4 rings (SSSR count). The van der Waals surface area contributed by atoms with Gasteiger partial charge in [0.05, 0.1) is 42.2 Å². The molecule has 0 atom stereocenters. The van der Waals surface area contributed by atoms with E-state index in [1.54, 1.807) is 34.7 Å². The predicted octanol–water partition coefficient (Wildman–Crippen LogP) is 3.57. The second-order valence-electron chi connectivity index (χ2n) is 9.59. The van der Waals surface area contributed by atoms with E-state index in [-0.39, 0.29) is 38.2 Å². The standard InChI is InChI=1S/C24H28FN5O6S2/c1-14-20(12-29(5)27-14)38(33,34)28-17-9-15(8-16(25)23(17)36-7)18-11-26-22-10-19(35-6)21(13-30(18)22)37(31,32)24(2,3)4/h8-13,28H,1-7H3. The van der Waals surface area contributed by atoms with Crippen LogP contribution >= 0.6 is 0 Å². The zero-order chi connectivity index (χ0) is 28.2. The van der Waals surface area contributed by atoms with Crippen molar-refractivity contribution in [2.45, 2.75) is 42.2 Å². The van der Waals surface area contributed by atoms with Gasteiger partial charge in [-0.25, -0.2) is 26.2 Å². The van der Waals surface area contributed by atoms with Gasteiger partial charge in [-0.15, -0.1) is 0 Å². The SMILES string of the molecule is COc1cc2ncc(-c3cc(F)c(OC)c(NS(=O)(=O)c4cn(C)nc4C)c3)n2cc1S(=O)(=O)C(C)(C)C. The zero-order valence-corrected chi connectivity index (χ0v) is 23.5. The highest BCUT2D eigenvalue weighted by Crippen LogP contribution is 2.38. The molecule has 0 saturated carbocycles. The van der Waals surface area contributed by atoms with Crippen LogP contribution in [0.25, 0.3) is 16.9 Å². The Morgan fingerprint density at radius 2 is 1.68 bits per heavy atom. The van der Waals surface area contributed by atoms with Crippen molar-refractivity contribution in [2.75, 3.05) is 18.9 Å². The summed E-state index contributed by atoms with van der Waals surface area (Å²) < 4.78 is 82.5. The summed E-state index contributed by atoms with van der Waals surface area (Å²) in [4.78, 5) is 4.17. The molecule has 0 aliphatic rings. The average molecular weight is 566 g/mol. The fraction of sp³-hybridized carbons (Fsp3) is 0.333. The molecule has 0 saturated heterocycles. The molecule has 0 spiro atoms. The summed E-state index contributed by atoms with van der Waals surface area (Å²) >= 11 is 0. The summed E-state index contributed by atoms with van der Waals surface area (Å²) in [5, 5.41) is 4.05. The maximum Gasteiger partial charge on any atom is 0.265 e. The number of benzene rings is 1. The first kappa shape index (κ1) is 27.4. The first-order valence-corrected chi connectivity index (χ1v) is 14.3. The zero-order valence-electron chi connectivity index (χ0n) is 21.9. The average Bonchev–Trinajstić information content (AvgIpc) is 3.39. The molecule has 1 N–H and O–H groups in total. The van der Waals surface area contributed by atoms with Crippen LogP contribution in [0.5, 0.6) is 11.5 Å². The topological polar surface area (TPSA) is 134 Å². The lowest BCUT2D eigenvalue weighted by Gasteiger charge is -2.21. The van der Waals surface area contributed by atoms with Crippen molar-refractivity contribution >= 4 is 31.2 Å². The molecule has 14 heteroatoms. The predicted molar refractivity (Wildman–Crippen MR) is 139 cm³/mol. The van der Waals surface area contributed by atoms with E-state index in [9.17, 15) is 16.8 Å². The van der Waals surface area contributed by atoms with Crippen molar-refractivity contribution < 1.29 is 30.7 Å². The van der Waals surface area contributed by atoms with Crippen molar-refractivity contribution in [3.8, 4) is 22.8 Å². The van der Waals surface area contributed by atoms with Gasteiger partial charge in [0, 0.05) is 31.1 Å². The molecule has 0 fully saturated rings. The molecule has 0 radical (unpaired) electrons. The van der Waals surface area contributed by atoms with E-state index in [0.717, 1.165) is 6.07 Å². The number of pyridine rings is 1. The number of rotatable bonds is 7. The number of imidazole rings is 1. The van der Waals surface area contributed by atoms with Crippen LogP contribution in [-0.4, -0.2) is 55.0 Å². The van der Waals surface area contributed by atoms with Crippen LogP contribution in [0.2, 0.25) is 0 Å². The molecule has 1 aromatic carbocycles. The number of hydrogen-bond donors (Lipinski definition) is 1. The minimum atomic E-state index is -4.15. The van der Waals surface area contributed by atoms with Crippen LogP contribution in [0, 0.1) is 12.7 Å². The number of nitrogens with zero attached hydrogens (tertiary/aromatic N) is 4. The molecule has 3 aromatic heterocycles. The van der Waals surface area contributed by atoms with Crippen molar-refractivity contribution in [3.05, 3.63) is 48.3 Å². The molecule has 0 aliphatic carbocycles. The highest BCUT2D eigenvalue weighted by molar-refractivity contribution is 7.93. The Morgan fingerprint density at radius 1 is 1.00 bits per heavy atom. The number of sulfone groups is 1. The molecule has 4 aromatic rings. The van der Waals surface area contributed by atoms with E-state index in [4.69, 9.17) is 9.47 Å². The number of aryl methyl sites for hydroxylation is 2. The van der Waals surface area contributed by atoms with Crippen LogP contribution in [0.15, 0.2) is 46.6 Å². The monoisotopic (exact) mass is 565 g/mol. The molecule has 0 unspecified atom stereocenters. The van der Waals surface area contributed by atoms with Gasteiger partial charge >= 0.3 is 0 Å². The first-order valence-electron chi connectivity index (χ1n) is 11.3. The Balaban J connectivity index is 1.91. The molecule has 0 bridgehead atoms. The maximum atomic E-state index is 15.2. The maximum absolute atomic E-state index is 15.2. The van der Waals surface area contributed by atoms with Gasteiger partial charge in [0.25, 0.3) is 10.0 Å². The van der Waals surface area contributed by atoms with E-state index in [2.05, 4.69) is 14.8 Å². The number of nitrogens with one attached hydrogen (secondary N) is 1. The molecular formula is C24H28FN5O6S2. The number of ether oxygens (including phenoxy) is 2.